The lowest BCUT2D eigenvalue weighted by atomic mass is 10.2. The highest BCUT2D eigenvalue weighted by atomic mass is 79.9. The number of fused-ring (bicyclic) bond motifs is 1. The number of benzene rings is 1. The molecule has 0 saturated heterocycles. The monoisotopic (exact) mass is 430 g/mol. The maximum atomic E-state index is 13.2. The summed E-state index contributed by atoms with van der Waals surface area (Å²) in [5.74, 6) is -0.570. The number of pyridine rings is 1. The number of halogens is 2. The van der Waals surface area contributed by atoms with Crippen molar-refractivity contribution in [3.05, 3.63) is 70.2 Å². The topological polar surface area (TPSA) is 59.3 Å². The van der Waals surface area contributed by atoms with Crippen LogP contribution in [0.15, 0.2) is 58.6 Å². The third kappa shape index (κ3) is 3.66. The Morgan fingerprint density at radius 1 is 1.15 bits per heavy atom. The van der Waals surface area contributed by atoms with E-state index in [-0.39, 0.29) is 18.1 Å². The molecule has 26 heavy (non-hydrogen) atoms. The number of carbonyl (C=O) groups excluding carboxylic acids is 1. The zero-order chi connectivity index (χ0) is 18.1. The van der Waals surface area contributed by atoms with Gasteiger partial charge in [-0.1, -0.05) is 28.1 Å². The van der Waals surface area contributed by atoms with Gasteiger partial charge in [0.15, 0.2) is 5.13 Å². The molecule has 4 aromatic rings. The molecule has 3 aromatic heterocycles. The molecular weight excluding hydrogens is 419 g/mol. The Morgan fingerprint density at radius 2 is 1.96 bits per heavy atom. The molecule has 1 aromatic carbocycles. The number of anilines is 1. The van der Waals surface area contributed by atoms with Crippen LogP contribution < -0.4 is 5.32 Å². The maximum absolute atomic E-state index is 13.2. The highest BCUT2D eigenvalue weighted by molar-refractivity contribution is 9.10. The van der Waals surface area contributed by atoms with Gasteiger partial charge >= 0.3 is 0 Å². The van der Waals surface area contributed by atoms with Crippen molar-refractivity contribution in [2.24, 2.45) is 0 Å². The minimum atomic E-state index is -0.353. The second-order valence-electron chi connectivity index (χ2n) is 5.61. The van der Waals surface area contributed by atoms with Crippen molar-refractivity contribution >= 4 is 44.0 Å². The Balaban J connectivity index is 1.45. The van der Waals surface area contributed by atoms with Crippen LogP contribution in [0, 0.1) is 5.82 Å². The number of amides is 1. The molecule has 0 unspecified atom stereocenters. The summed E-state index contributed by atoms with van der Waals surface area (Å²) in [5, 5.41) is 5.21. The molecule has 0 atom stereocenters. The Labute approximate surface area is 160 Å². The fourth-order valence-electron chi connectivity index (χ4n) is 2.51. The number of nitrogens with one attached hydrogen (secondary N) is 1. The fourth-order valence-corrected chi connectivity index (χ4v) is 3.51. The molecule has 0 radical (unpaired) electrons. The van der Waals surface area contributed by atoms with E-state index in [2.05, 4.69) is 31.2 Å². The van der Waals surface area contributed by atoms with E-state index in [4.69, 9.17) is 0 Å². The molecule has 4 rings (SSSR count). The molecule has 0 bridgehead atoms. The molecule has 8 heteroatoms. The average molecular weight is 431 g/mol. The lowest BCUT2D eigenvalue weighted by Gasteiger charge is -1.99. The molecule has 0 aliphatic carbocycles. The van der Waals surface area contributed by atoms with Crippen molar-refractivity contribution < 1.29 is 9.18 Å². The van der Waals surface area contributed by atoms with Crippen molar-refractivity contribution in [2.45, 2.75) is 6.42 Å². The van der Waals surface area contributed by atoms with Gasteiger partial charge in [0, 0.05) is 27.8 Å². The van der Waals surface area contributed by atoms with Crippen LogP contribution in [-0.2, 0) is 11.2 Å². The molecule has 0 saturated carbocycles. The second-order valence-corrected chi connectivity index (χ2v) is 7.39. The molecule has 0 spiro atoms. The first-order chi connectivity index (χ1) is 12.6. The van der Waals surface area contributed by atoms with E-state index in [9.17, 15) is 9.18 Å². The molecule has 1 N–H and O–H groups in total. The third-order valence-electron chi connectivity index (χ3n) is 3.70. The molecule has 0 aliphatic heterocycles. The first-order valence-corrected chi connectivity index (χ1v) is 9.38. The van der Waals surface area contributed by atoms with Gasteiger partial charge in [-0.05, 0) is 24.3 Å². The summed E-state index contributed by atoms with van der Waals surface area (Å²) in [6.07, 6.45) is 3.07. The van der Waals surface area contributed by atoms with Gasteiger partial charge in [0.1, 0.15) is 11.5 Å². The summed E-state index contributed by atoms with van der Waals surface area (Å²) in [5.41, 5.74) is 2.95. The molecule has 0 fully saturated rings. The van der Waals surface area contributed by atoms with Crippen LogP contribution >= 0.6 is 27.3 Å². The highest BCUT2D eigenvalue weighted by Gasteiger charge is 2.11. The standard InChI is InChI=1S/C18H12BrFN4OS/c19-12-3-1-11(2-4-12)15-10-26-18(22-15)23-17(25)7-14-9-24-8-13(20)5-6-16(24)21-14/h1-6,8-10H,7H2,(H,22,23,25). The van der Waals surface area contributed by atoms with E-state index in [1.54, 1.807) is 16.7 Å². The Hall–Kier alpha value is -2.58. The Morgan fingerprint density at radius 3 is 2.77 bits per heavy atom. The molecule has 5 nitrogen and oxygen atoms in total. The summed E-state index contributed by atoms with van der Waals surface area (Å²) >= 11 is 4.77. The van der Waals surface area contributed by atoms with Gasteiger partial charge in [0.05, 0.1) is 17.8 Å². The summed E-state index contributed by atoms with van der Waals surface area (Å²) in [4.78, 5) is 21.0. The predicted octanol–water partition coefficient (Wildman–Crippen LogP) is 4.54. The minimum absolute atomic E-state index is 0.0937. The fraction of sp³-hybridized carbons (Fsp3) is 0.0556. The third-order valence-corrected chi connectivity index (χ3v) is 4.98. The van der Waals surface area contributed by atoms with Gasteiger partial charge in [-0.2, -0.15) is 0 Å². The number of hydrogen-bond donors (Lipinski definition) is 1. The Kier molecular flexibility index (Phi) is 4.52. The van der Waals surface area contributed by atoms with E-state index < -0.39 is 0 Å². The largest absolute Gasteiger partial charge is 0.304 e. The minimum Gasteiger partial charge on any atom is -0.304 e. The molecule has 130 valence electrons. The zero-order valence-electron chi connectivity index (χ0n) is 13.3. The number of carbonyl (C=O) groups is 1. The van der Waals surface area contributed by atoms with Crippen LogP contribution in [-0.4, -0.2) is 20.3 Å². The van der Waals surface area contributed by atoms with Crippen molar-refractivity contribution in [1.82, 2.24) is 14.4 Å². The summed E-state index contributed by atoms with van der Waals surface area (Å²) in [6, 6.07) is 10.7. The predicted molar refractivity (Wildman–Crippen MR) is 103 cm³/mol. The van der Waals surface area contributed by atoms with Crippen LogP contribution in [0.5, 0.6) is 0 Å². The highest BCUT2D eigenvalue weighted by Crippen LogP contribution is 2.26. The maximum Gasteiger partial charge on any atom is 0.232 e. The van der Waals surface area contributed by atoms with Gasteiger partial charge in [0.2, 0.25) is 5.91 Å². The summed E-state index contributed by atoms with van der Waals surface area (Å²) < 4.78 is 15.8. The van der Waals surface area contributed by atoms with E-state index in [1.807, 2.05) is 29.6 Å². The van der Waals surface area contributed by atoms with E-state index in [0.29, 0.717) is 16.5 Å². The van der Waals surface area contributed by atoms with Crippen LogP contribution in [0.1, 0.15) is 5.69 Å². The zero-order valence-corrected chi connectivity index (χ0v) is 15.7. The SMILES string of the molecule is O=C(Cc1cn2cc(F)ccc2n1)Nc1nc(-c2ccc(Br)cc2)cs1. The number of nitrogens with zero attached hydrogens (tertiary/aromatic N) is 3. The van der Waals surface area contributed by atoms with Crippen LogP contribution in [0.3, 0.4) is 0 Å². The number of rotatable bonds is 4. The lowest BCUT2D eigenvalue weighted by Crippen LogP contribution is -2.14. The number of aromatic nitrogens is 3. The number of thiazole rings is 1. The molecule has 0 aliphatic rings. The van der Waals surface area contributed by atoms with Crippen LogP contribution in [0.4, 0.5) is 9.52 Å². The summed E-state index contributed by atoms with van der Waals surface area (Å²) in [6.45, 7) is 0. The van der Waals surface area contributed by atoms with Crippen molar-refractivity contribution in [3.63, 3.8) is 0 Å². The van der Waals surface area contributed by atoms with Gasteiger partial charge in [-0.3, -0.25) is 4.79 Å². The smallest absolute Gasteiger partial charge is 0.232 e. The lowest BCUT2D eigenvalue weighted by molar-refractivity contribution is -0.115. The summed E-state index contributed by atoms with van der Waals surface area (Å²) in [7, 11) is 0. The first-order valence-electron chi connectivity index (χ1n) is 7.71. The van der Waals surface area contributed by atoms with Gasteiger partial charge in [-0.15, -0.1) is 11.3 Å². The van der Waals surface area contributed by atoms with Gasteiger partial charge in [0.25, 0.3) is 0 Å². The molecule has 1 amide bonds. The normalized spacial score (nSPS) is 11.0. The van der Waals surface area contributed by atoms with E-state index in [1.165, 1.54) is 23.6 Å². The van der Waals surface area contributed by atoms with E-state index in [0.717, 1.165) is 15.7 Å². The van der Waals surface area contributed by atoms with Crippen molar-refractivity contribution in [3.8, 4) is 11.3 Å². The second kappa shape index (κ2) is 6.97. The van der Waals surface area contributed by atoms with Gasteiger partial charge < -0.3 is 9.72 Å². The number of hydrogen-bond acceptors (Lipinski definition) is 4. The quantitative estimate of drug-likeness (QED) is 0.516. The Bertz CT molecular complexity index is 1090. The van der Waals surface area contributed by atoms with Gasteiger partial charge in [-0.25, -0.2) is 14.4 Å². The average Bonchev–Trinajstić information content (AvgIpc) is 3.21. The van der Waals surface area contributed by atoms with Crippen LogP contribution in [0.2, 0.25) is 0 Å². The number of imidazole rings is 1. The van der Waals surface area contributed by atoms with Crippen LogP contribution in [0.25, 0.3) is 16.9 Å². The molecule has 3 heterocycles. The first kappa shape index (κ1) is 16.9. The van der Waals surface area contributed by atoms with Crippen molar-refractivity contribution in [2.75, 3.05) is 5.32 Å². The van der Waals surface area contributed by atoms with Crippen molar-refractivity contribution in [1.29, 1.82) is 0 Å². The van der Waals surface area contributed by atoms with E-state index >= 15 is 0 Å². The molecular formula is C18H12BrFN4OS.